The average molecular weight is 689 g/mol. The molecule has 1 saturated heterocycles. The lowest BCUT2D eigenvalue weighted by molar-refractivity contribution is -0.140. The average Bonchev–Trinajstić information content (AvgIpc) is 2.98. The molecule has 0 spiro atoms. The van der Waals surface area contributed by atoms with E-state index in [4.69, 9.17) is 0 Å². The Morgan fingerprint density at radius 1 is 0.959 bits per heavy atom. The first-order valence-corrected chi connectivity index (χ1v) is 16.8. The van der Waals surface area contributed by atoms with Crippen molar-refractivity contribution in [3.05, 3.63) is 85.8 Å². The molecule has 0 saturated carbocycles. The molecule has 2 bridgehead atoms. The summed E-state index contributed by atoms with van der Waals surface area (Å²) in [6.45, 7) is 5.80. The fourth-order valence-corrected chi connectivity index (χ4v) is 6.82. The maximum absolute atomic E-state index is 15.9. The van der Waals surface area contributed by atoms with Crippen molar-refractivity contribution in [3.63, 3.8) is 0 Å². The van der Waals surface area contributed by atoms with Crippen molar-refractivity contribution in [1.29, 1.82) is 0 Å². The van der Waals surface area contributed by atoms with Crippen LogP contribution in [0.25, 0.3) is 11.1 Å². The van der Waals surface area contributed by atoms with Gasteiger partial charge in [-0.05, 0) is 105 Å². The largest absolute Gasteiger partial charge is 0.481 e. The zero-order chi connectivity index (χ0) is 35.5. The van der Waals surface area contributed by atoms with Gasteiger partial charge in [-0.2, -0.15) is 18.3 Å². The second-order valence-corrected chi connectivity index (χ2v) is 13.2. The Morgan fingerprint density at radius 3 is 2.35 bits per heavy atom. The highest BCUT2D eigenvalue weighted by molar-refractivity contribution is 5.82. The number of nitrogens with zero attached hydrogens (tertiary/aromatic N) is 3. The molecular formula is C36H41F5N4O4. The van der Waals surface area contributed by atoms with Crippen LogP contribution in [-0.2, 0) is 28.6 Å². The van der Waals surface area contributed by atoms with Gasteiger partial charge in [0.1, 0.15) is 17.7 Å². The van der Waals surface area contributed by atoms with Crippen LogP contribution in [0, 0.1) is 25.5 Å². The minimum atomic E-state index is -5.17. The molecule has 1 aromatic heterocycles. The van der Waals surface area contributed by atoms with Crippen LogP contribution in [0.2, 0.25) is 0 Å². The third-order valence-electron chi connectivity index (χ3n) is 9.47. The van der Waals surface area contributed by atoms with Gasteiger partial charge >= 0.3 is 12.1 Å². The van der Waals surface area contributed by atoms with Crippen LogP contribution in [-0.4, -0.2) is 51.3 Å². The molecule has 2 aliphatic rings. The number of fused-ring (bicyclic) bond motifs is 4. The lowest BCUT2D eigenvalue weighted by Crippen LogP contribution is -2.42. The fraction of sp³-hybridized carbons (Fsp3) is 0.500. The number of carboxylic acids is 1. The number of alkyl halides is 3. The second-order valence-electron chi connectivity index (χ2n) is 13.2. The molecule has 5 rings (SSSR count). The van der Waals surface area contributed by atoms with Crippen molar-refractivity contribution in [2.24, 2.45) is 0 Å². The third kappa shape index (κ3) is 8.55. The van der Waals surface area contributed by atoms with Crippen LogP contribution in [0.4, 0.5) is 22.0 Å². The lowest BCUT2D eigenvalue weighted by Gasteiger charge is -2.30. The Balaban J connectivity index is 1.64. The van der Waals surface area contributed by atoms with Crippen LogP contribution in [0.1, 0.15) is 97.0 Å². The highest BCUT2D eigenvalue weighted by atomic mass is 19.4. The topological polar surface area (TPSA) is 105 Å². The van der Waals surface area contributed by atoms with E-state index in [-0.39, 0.29) is 12.0 Å². The van der Waals surface area contributed by atoms with E-state index in [1.165, 1.54) is 12.1 Å². The van der Waals surface area contributed by atoms with Gasteiger partial charge in [0, 0.05) is 24.1 Å². The van der Waals surface area contributed by atoms with Crippen molar-refractivity contribution in [2.75, 3.05) is 19.6 Å². The monoisotopic (exact) mass is 688 g/mol. The van der Waals surface area contributed by atoms with Gasteiger partial charge in [0.05, 0.1) is 23.7 Å². The number of aromatic nitrogens is 2. The normalized spacial score (nSPS) is 19.5. The van der Waals surface area contributed by atoms with Gasteiger partial charge in [0.2, 0.25) is 5.91 Å². The standard InChI is InChI=1S/C36H41F5N4O4/c1-21-15-25(37)17-23-9-6-4-3-5-7-10-30(45-35(49)22(2)16-26(43-45)11-14-44-12-8-13-44)34(48)42-29(20-31(46)47)27-18-24(32(21)23)19-28(33(27)38)36(39,40)41/h15-19,29-30H,3-14,20H2,1-2H3,(H,42,48)(H,46,47)/t29-,30-/m0/s1. The molecule has 2 atom stereocenters. The Labute approximate surface area is 281 Å². The summed E-state index contributed by atoms with van der Waals surface area (Å²) in [6.07, 6.45) is -0.765. The number of hydrogen-bond donors (Lipinski definition) is 2. The van der Waals surface area contributed by atoms with E-state index in [1.807, 2.05) is 0 Å². The number of amides is 1. The van der Waals surface area contributed by atoms with Crippen LogP contribution in [0.5, 0.6) is 0 Å². The van der Waals surface area contributed by atoms with Crippen LogP contribution in [0.15, 0.2) is 35.1 Å². The quantitative estimate of drug-likeness (QED) is 0.275. The Morgan fingerprint density at radius 2 is 1.67 bits per heavy atom. The SMILES string of the molecule is Cc1cc(F)cc2c1-c1cc(c(F)c(C(F)(F)F)c1)[C@H](CC(=O)O)NC(=O)[C@@H](n1nc(CCN3CCC3)cc(C)c1=O)CCCCCCC2. The molecule has 3 heterocycles. The number of carboxylic acid groups (broad SMARTS) is 1. The van der Waals surface area contributed by atoms with Crippen molar-refractivity contribution in [1.82, 2.24) is 20.0 Å². The number of carbonyl (C=O) groups excluding carboxylic acids is 1. The number of likely N-dealkylation sites (tertiary alicyclic amines) is 1. The number of halogens is 5. The third-order valence-corrected chi connectivity index (χ3v) is 9.47. The first kappa shape index (κ1) is 36.2. The Kier molecular flexibility index (Phi) is 11.2. The van der Waals surface area contributed by atoms with E-state index >= 15 is 4.39 Å². The summed E-state index contributed by atoms with van der Waals surface area (Å²) in [5, 5.41) is 16.8. The molecule has 2 aromatic carbocycles. The molecule has 13 heteroatoms. The molecule has 3 aromatic rings. The van der Waals surface area contributed by atoms with Crippen LogP contribution >= 0.6 is 0 Å². The summed E-state index contributed by atoms with van der Waals surface area (Å²) < 4.78 is 74.6. The summed E-state index contributed by atoms with van der Waals surface area (Å²) in [6, 6.07) is 2.90. The fourth-order valence-electron chi connectivity index (χ4n) is 6.82. The summed E-state index contributed by atoms with van der Waals surface area (Å²) >= 11 is 0. The summed E-state index contributed by atoms with van der Waals surface area (Å²) in [4.78, 5) is 41.8. The molecule has 2 aliphatic heterocycles. The van der Waals surface area contributed by atoms with E-state index in [2.05, 4.69) is 15.3 Å². The molecule has 1 fully saturated rings. The highest BCUT2D eigenvalue weighted by Crippen LogP contribution is 2.40. The van der Waals surface area contributed by atoms with Gasteiger partial charge in [0.15, 0.2) is 0 Å². The molecule has 264 valence electrons. The number of aliphatic carboxylic acids is 1. The number of rotatable bonds is 6. The summed E-state index contributed by atoms with van der Waals surface area (Å²) in [5.74, 6) is -4.63. The van der Waals surface area contributed by atoms with Crippen LogP contribution in [0.3, 0.4) is 0 Å². The minimum absolute atomic E-state index is 0.0760. The Bertz CT molecular complexity index is 1770. The van der Waals surface area contributed by atoms with E-state index in [0.717, 1.165) is 43.1 Å². The maximum Gasteiger partial charge on any atom is 0.419 e. The van der Waals surface area contributed by atoms with Crippen molar-refractivity contribution in [2.45, 2.75) is 96.3 Å². The number of carbonyl (C=O) groups is 2. The van der Waals surface area contributed by atoms with Gasteiger partial charge in [0.25, 0.3) is 5.56 Å². The zero-order valence-electron chi connectivity index (χ0n) is 27.6. The second kappa shape index (κ2) is 15.2. The Hall–Kier alpha value is -4.13. The number of hydrogen-bond acceptors (Lipinski definition) is 5. The molecule has 8 nitrogen and oxygen atoms in total. The first-order chi connectivity index (χ1) is 23.2. The molecule has 1 amide bonds. The molecular weight excluding hydrogens is 647 g/mol. The summed E-state index contributed by atoms with van der Waals surface area (Å²) in [5.41, 5.74) is -0.905. The molecule has 2 N–H and O–H groups in total. The van der Waals surface area contributed by atoms with E-state index < -0.39 is 64.9 Å². The molecule has 0 aliphatic carbocycles. The number of nitrogens with one attached hydrogen (secondary N) is 1. The van der Waals surface area contributed by atoms with Crippen molar-refractivity contribution < 1.29 is 36.6 Å². The van der Waals surface area contributed by atoms with Gasteiger partial charge in [-0.25, -0.2) is 13.5 Å². The molecule has 49 heavy (non-hydrogen) atoms. The van der Waals surface area contributed by atoms with E-state index in [9.17, 15) is 37.1 Å². The van der Waals surface area contributed by atoms with Crippen molar-refractivity contribution >= 4 is 11.9 Å². The van der Waals surface area contributed by atoms with Gasteiger partial charge < -0.3 is 15.3 Å². The van der Waals surface area contributed by atoms with E-state index in [1.54, 1.807) is 19.9 Å². The minimum Gasteiger partial charge on any atom is -0.481 e. The smallest absolute Gasteiger partial charge is 0.419 e. The lowest BCUT2D eigenvalue weighted by atomic mass is 9.87. The van der Waals surface area contributed by atoms with E-state index in [0.29, 0.717) is 72.7 Å². The van der Waals surface area contributed by atoms with Crippen LogP contribution < -0.4 is 10.9 Å². The number of benzene rings is 2. The van der Waals surface area contributed by atoms with Gasteiger partial charge in [-0.1, -0.05) is 25.7 Å². The van der Waals surface area contributed by atoms with Crippen molar-refractivity contribution in [3.8, 4) is 11.1 Å². The molecule has 0 unspecified atom stereocenters. The number of aryl methyl sites for hydroxylation is 3. The molecule has 0 radical (unpaired) electrons. The maximum atomic E-state index is 15.9. The predicted octanol–water partition coefficient (Wildman–Crippen LogP) is 6.84. The van der Waals surface area contributed by atoms with Gasteiger partial charge in [-0.15, -0.1) is 0 Å². The van der Waals surface area contributed by atoms with Gasteiger partial charge in [-0.3, -0.25) is 14.4 Å². The summed E-state index contributed by atoms with van der Waals surface area (Å²) in [7, 11) is 0. The first-order valence-electron chi connectivity index (χ1n) is 16.8. The zero-order valence-corrected chi connectivity index (χ0v) is 27.6. The highest BCUT2D eigenvalue weighted by Gasteiger charge is 2.38. The predicted molar refractivity (Wildman–Crippen MR) is 173 cm³/mol.